The molecule has 2 amide bonds. The van der Waals surface area contributed by atoms with Gasteiger partial charge in [-0.05, 0) is 44.9 Å². The molecule has 3 rings (SSSR count). The minimum Gasteiger partial charge on any atom is -0.333 e. The van der Waals surface area contributed by atoms with Crippen LogP contribution in [-0.2, 0) is 4.79 Å². The van der Waals surface area contributed by atoms with Crippen LogP contribution in [0.15, 0.2) is 24.3 Å². The Kier molecular flexibility index (Phi) is 5.74. The average Bonchev–Trinajstić information content (AvgIpc) is 2.64. The summed E-state index contributed by atoms with van der Waals surface area (Å²) in [5, 5.41) is 6.40. The van der Waals surface area contributed by atoms with Crippen LogP contribution in [0.3, 0.4) is 0 Å². The summed E-state index contributed by atoms with van der Waals surface area (Å²) < 4.78 is 0. The molecule has 1 aromatic rings. The molecule has 5 nitrogen and oxygen atoms in total. The Morgan fingerprint density at radius 2 is 1.92 bits per heavy atom. The van der Waals surface area contributed by atoms with Gasteiger partial charge < -0.3 is 15.5 Å². The predicted octanol–water partition coefficient (Wildman–Crippen LogP) is 3.03. The van der Waals surface area contributed by atoms with Crippen molar-refractivity contribution < 1.29 is 9.59 Å². The van der Waals surface area contributed by atoms with Crippen molar-refractivity contribution in [2.24, 2.45) is 5.92 Å². The Labute approximate surface area is 150 Å². The van der Waals surface area contributed by atoms with Crippen LogP contribution in [0.4, 0.5) is 5.69 Å². The molecule has 0 spiro atoms. The minimum atomic E-state index is 0.0367. The normalized spacial score (nSPS) is 24.8. The molecule has 0 bridgehead atoms. The van der Waals surface area contributed by atoms with E-state index in [4.69, 9.17) is 0 Å². The second-order valence-electron chi connectivity index (χ2n) is 7.39. The SMILES string of the molecule is CC1NCCN(C(=O)c2cccc(NC(=O)C3CCCCC3)c2)C1C. The molecular formula is C20H29N3O2. The number of amides is 2. The number of carbonyl (C=O) groups excluding carboxylic acids is 2. The topological polar surface area (TPSA) is 61.4 Å². The van der Waals surface area contributed by atoms with E-state index in [0.29, 0.717) is 12.1 Å². The molecular weight excluding hydrogens is 314 g/mol. The maximum absolute atomic E-state index is 12.9. The number of rotatable bonds is 3. The van der Waals surface area contributed by atoms with Gasteiger partial charge in [-0.1, -0.05) is 25.3 Å². The Morgan fingerprint density at radius 1 is 1.16 bits per heavy atom. The van der Waals surface area contributed by atoms with Gasteiger partial charge in [-0.15, -0.1) is 0 Å². The maximum atomic E-state index is 12.9. The zero-order chi connectivity index (χ0) is 17.8. The summed E-state index contributed by atoms with van der Waals surface area (Å²) in [6.45, 7) is 5.70. The number of nitrogens with zero attached hydrogens (tertiary/aromatic N) is 1. The molecule has 2 unspecified atom stereocenters. The largest absolute Gasteiger partial charge is 0.333 e. The monoisotopic (exact) mass is 343 g/mol. The molecule has 1 heterocycles. The Morgan fingerprint density at radius 3 is 2.68 bits per heavy atom. The molecule has 1 saturated carbocycles. The molecule has 1 saturated heterocycles. The minimum absolute atomic E-state index is 0.0367. The number of hydrogen-bond acceptors (Lipinski definition) is 3. The van der Waals surface area contributed by atoms with Gasteiger partial charge in [-0.2, -0.15) is 0 Å². The van der Waals surface area contributed by atoms with E-state index < -0.39 is 0 Å². The van der Waals surface area contributed by atoms with Crippen LogP contribution in [0.5, 0.6) is 0 Å². The van der Waals surface area contributed by atoms with Gasteiger partial charge in [0.1, 0.15) is 0 Å². The van der Waals surface area contributed by atoms with Gasteiger partial charge in [0.25, 0.3) is 5.91 Å². The fourth-order valence-corrected chi connectivity index (χ4v) is 3.85. The highest BCUT2D eigenvalue weighted by molar-refractivity contribution is 5.98. The first-order valence-corrected chi connectivity index (χ1v) is 9.51. The Hall–Kier alpha value is -1.88. The molecule has 136 valence electrons. The molecule has 2 fully saturated rings. The number of nitrogens with one attached hydrogen (secondary N) is 2. The predicted molar refractivity (Wildman–Crippen MR) is 99.6 cm³/mol. The van der Waals surface area contributed by atoms with Crippen LogP contribution in [0.1, 0.15) is 56.3 Å². The van der Waals surface area contributed by atoms with Crippen molar-refractivity contribution in [1.29, 1.82) is 0 Å². The lowest BCUT2D eigenvalue weighted by Gasteiger charge is -2.38. The third-order valence-corrected chi connectivity index (χ3v) is 5.65. The van der Waals surface area contributed by atoms with Gasteiger partial charge in [0.05, 0.1) is 0 Å². The molecule has 2 aliphatic rings. The lowest BCUT2D eigenvalue weighted by molar-refractivity contribution is -0.120. The van der Waals surface area contributed by atoms with Crippen molar-refractivity contribution in [3.05, 3.63) is 29.8 Å². The summed E-state index contributed by atoms with van der Waals surface area (Å²) in [6, 6.07) is 7.79. The van der Waals surface area contributed by atoms with Gasteiger partial charge in [0.15, 0.2) is 0 Å². The van der Waals surface area contributed by atoms with Gasteiger partial charge in [-0.3, -0.25) is 9.59 Å². The highest BCUT2D eigenvalue weighted by atomic mass is 16.2. The van der Waals surface area contributed by atoms with Crippen LogP contribution in [-0.4, -0.2) is 41.9 Å². The number of benzene rings is 1. The van der Waals surface area contributed by atoms with E-state index >= 15 is 0 Å². The summed E-state index contributed by atoms with van der Waals surface area (Å²) in [5.74, 6) is 0.241. The first-order valence-electron chi connectivity index (χ1n) is 9.51. The summed E-state index contributed by atoms with van der Waals surface area (Å²) in [5.41, 5.74) is 1.36. The lowest BCUT2D eigenvalue weighted by Crippen LogP contribution is -2.57. The van der Waals surface area contributed by atoms with Gasteiger partial charge in [0.2, 0.25) is 5.91 Å². The van der Waals surface area contributed by atoms with E-state index in [1.165, 1.54) is 6.42 Å². The maximum Gasteiger partial charge on any atom is 0.254 e. The molecule has 1 aliphatic carbocycles. The zero-order valence-corrected chi connectivity index (χ0v) is 15.3. The summed E-state index contributed by atoms with van der Waals surface area (Å²) >= 11 is 0. The highest BCUT2D eigenvalue weighted by Crippen LogP contribution is 2.25. The molecule has 2 atom stereocenters. The smallest absolute Gasteiger partial charge is 0.254 e. The fraction of sp³-hybridized carbons (Fsp3) is 0.600. The van der Waals surface area contributed by atoms with Crippen molar-refractivity contribution in [3.8, 4) is 0 Å². The number of anilines is 1. The first-order chi connectivity index (χ1) is 12.1. The fourth-order valence-electron chi connectivity index (χ4n) is 3.85. The molecule has 2 N–H and O–H groups in total. The Balaban J connectivity index is 1.68. The van der Waals surface area contributed by atoms with Crippen molar-refractivity contribution in [2.75, 3.05) is 18.4 Å². The third-order valence-electron chi connectivity index (χ3n) is 5.65. The van der Waals surface area contributed by atoms with Gasteiger partial charge >= 0.3 is 0 Å². The van der Waals surface area contributed by atoms with E-state index in [0.717, 1.165) is 37.9 Å². The summed E-state index contributed by atoms with van der Waals surface area (Å²) in [6.07, 6.45) is 5.45. The van der Waals surface area contributed by atoms with Crippen molar-refractivity contribution in [2.45, 2.75) is 58.0 Å². The molecule has 0 radical (unpaired) electrons. The first kappa shape index (κ1) is 17.9. The lowest BCUT2D eigenvalue weighted by atomic mass is 9.88. The van der Waals surface area contributed by atoms with Crippen molar-refractivity contribution in [1.82, 2.24) is 10.2 Å². The second kappa shape index (κ2) is 8.00. The van der Waals surface area contributed by atoms with E-state index in [1.807, 2.05) is 29.2 Å². The van der Waals surface area contributed by atoms with E-state index in [9.17, 15) is 9.59 Å². The van der Waals surface area contributed by atoms with Crippen molar-refractivity contribution >= 4 is 17.5 Å². The molecule has 25 heavy (non-hydrogen) atoms. The molecule has 5 heteroatoms. The average molecular weight is 343 g/mol. The van der Waals surface area contributed by atoms with Crippen LogP contribution in [0, 0.1) is 5.92 Å². The van der Waals surface area contributed by atoms with Gasteiger partial charge in [0, 0.05) is 42.3 Å². The standard InChI is InChI=1S/C20H29N3O2/c1-14-15(2)23(12-11-21-14)20(25)17-9-6-10-18(13-17)22-19(24)16-7-4-3-5-8-16/h6,9-10,13-16,21H,3-5,7-8,11-12H2,1-2H3,(H,22,24). The van der Waals surface area contributed by atoms with Crippen LogP contribution in [0.25, 0.3) is 0 Å². The van der Waals surface area contributed by atoms with Crippen LogP contribution >= 0.6 is 0 Å². The Bertz CT molecular complexity index is 625. The van der Waals surface area contributed by atoms with E-state index in [1.54, 1.807) is 0 Å². The number of carbonyl (C=O) groups is 2. The molecule has 0 aromatic heterocycles. The second-order valence-corrected chi connectivity index (χ2v) is 7.39. The highest BCUT2D eigenvalue weighted by Gasteiger charge is 2.29. The summed E-state index contributed by atoms with van der Waals surface area (Å²) in [4.78, 5) is 27.2. The van der Waals surface area contributed by atoms with Crippen LogP contribution in [0.2, 0.25) is 0 Å². The molecule has 1 aromatic carbocycles. The third kappa shape index (κ3) is 4.21. The summed E-state index contributed by atoms with van der Waals surface area (Å²) in [7, 11) is 0. The van der Waals surface area contributed by atoms with Gasteiger partial charge in [-0.25, -0.2) is 0 Å². The van der Waals surface area contributed by atoms with Crippen molar-refractivity contribution in [3.63, 3.8) is 0 Å². The quantitative estimate of drug-likeness (QED) is 0.887. The van der Waals surface area contributed by atoms with Crippen LogP contribution < -0.4 is 10.6 Å². The zero-order valence-electron chi connectivity index (χ0n) is 15.3. The number of hydrogen-bond donors (Lipinski definition) is 2. The number of piperazine rings is 1. The van der Waals surface area contributed by atoms with E-state index in [2.05, 4.69) is 24.5 Å². The molecule has 1 aliphatic heterocycles. The van der Waals surface area contributed by atoms with E-state index in [-0.39, 0.29) is 29.8 Å².